The molecule has 0 bridgehead atoms. The summed E-state index contributed by atoms with van der Waals surface area (Å²) >= 11 is 6.39. The summed E-state index contributed by atoms with van der Waals surface area (Å²) in [5, 5.41) is 0.289. The molecule has 0 amide bonds. The topological polar surface area (TPSA) is 52.8 Å². The first-order valence-corrected chi connectivity index (χ1v) is 10.4. The second-order valence-corrected chi connectivity index (χ2v) is 8.24. The number of hydrogen-bond acceptors (Lipinski definition) is 4. The van der Waals surface area contributed by atoms with Gasteiger partial charge in [0, 0.05) is 18.0 Å². The van der Waals surface area contributed by atoms with Crippen LogP contribution in [0.1, 0.15) is 44.5 Å². The highest BCUT2D eigenvalue weighted by molar-refractivity contribution is 6.33. The quantitative estimate of drug-likeness (QED) is 0.496. The van der Waals surface area contributed by atoms with E-state index in [0.717, 1.165) is 17.9 Å². The molecule has 29 heavy (non-hydrogen) atoms. The standard InChI is InChI=1S/C21H21ClF2N4O/c1-2-16-27-18-17(14-8-7-13(9-15(14)22)29-21(23)24)25-10-26-20(18)28(16)19(11-3-4-11)12-5-6-12/h7-12,19,21H,2-6H2,1H3. The van der Waals surface area contributed by atoms with E-state index in [2.05, 4.69) is 26.2 Å². The molecule has 0 N–H and O–H groups in total. The lowest BCUT2D eigenvalue weighted by molar-refractivity contribution is -0.0498. The summed E-state index contributed by atoms with van der Waals surface area (Å²) in [6, 6.07) is 4.95. The maximum Gasteiger partial charge on any atom is 0.387 e. The predicted molar refractivity (Wildman–Crippen MR) is 106 cm³/mol. The molecular formula is C21H21ClF2N4O. The maximum absolute atomic E-state index is 12.5. The van der Waals surface area contributed by atoms with Gasteiger partial charge in [-0.25, -0.2) is 15.0 Å². The largest absolute Gasteiger partial charge is 0.435 e. The summed E-state index contributed by atoms with van der Waals surface area (Å²) in [7, 11) is 0. The molecule has 2 aliphatic rings. The van der Waals surface area contributed by atoms with E-state index in [-0.39, 0.29) is 10.8 Å². The minimum absolute atomic E-state index is 0.0151. The Labute approximate surface area is 172 Å². The normalized spacial score (nSPS) is 16.9. The number of hydrogen-bond donors (Lipinski definition) is 0. The van der Waals surface area contributed by atoms with Gasteiger partial charge in [-0.15, -0.1) is 0 Å². The van der Waals surface area contributed by atoms with Crippen LogP contribution in [0.2, 0.25) is 5.02 Å². The van der Waals surface area contributed by atoms with Crippen LogP contribution in [-0.4, -0.2) is 26.1 Å². The third kappa shape index (κ3) is 3.45. The molecule has 0 unspecified atom stereocenters. The van der Waals surface area contributed by atoms with Crippen molar-refractivity contribution in [2.75, 3.05) is 0 Å². The molecular weight excluding hydrogens is 398 g/mol. The van der Waals surface area contributed by atoms with Crippen LogP contribution in [0.4, 0.5) is 8.78 Å². The van der Waals surface area contributed by atoms with Crippen LogP contribution >= 0.6 is 11.6 Å². The molecule has 1 aromatic carbocycles. The minimum Gasteiger partial charge on any atom is -0.435 e. The first-order valence-electron chi connectivity index (χ1n) is 10.0. The van der Waals surface area contributed by atoms with Gasteiger partial charge < -0.3 is 9.30 Å². The molecule has 5 nitrogen and oxygen atoms in total. The fourth-order valence-electron chi connectivity index (χ4n) is 4.26. The number of halogens is 3. The summed E-state index contributed by atoms with van der Waals surface area (Å²) in [5.74, 6) is 2.44. The van der Waals surface area contributed by atoms with Gasteiger partial charge in [-0.1, -0.05) is 18.5 Å². The highest BCUT2D eigenvalue weighted by Gasteiger charge is 2.44. The molecule has 152 valence electrons. The van der Waals surface area contributed by atoms with Crippen LogP contribution in [0.25, 0.3) is 22.4 Å². The van der Waals surface area contributed by atoms with E-state index in [1.165, 1.54) is 44.1 Å². The maximum atomic E-state index is 12.5. The van der Waals surface area contributed by atoms with Gasteiger partial charge in [0.15, 0.2) is 5.65 Å². The minimum atomic E-state index is -2.90. The van der Waals surface area contributed by atoms with Gasteiger partial charge in [-0.2, -0.15) is 8.78 Å². The zero-order chi connectivity index (χ0) is 20.1. The van der Waals surface area contributed by atoms with Gasteiger partial charge in [0.25, 0.3) is 0 Å². The molecule has 0 aliphatic heterocycles. The molecule has 2 heterocycles. The summed E-state index contributed by atoms with van der Waals surface area (Å²) in [6.45, 7) is -0.794. The molecule has 2 saturated carbocycles. The second-order valence-electron chi connectivity index (χ2n) is 7.83. The van der Waals surface area contributed by atoms with Crippen LogP contribution < -0.4 is 4.74 Å². The Hall–Kier alpha value is -2.28. The number of benzene rings is 1. The number of nitrogens with zero attached hydrogens (tertiary/aromatic N) is 4. The molecule has 2 aliphatic carbocycles. The highest BCUT2D eigenvalue weighted by atomic mass is 35.5. The molecule has 0 atom stereocenters. The average Bonchev–Trinajstić information content (AvgIpc) is 3.60. The Morgan fingerprint density at radius 1 is 1.17 bits per heavy atom. The van der Waals surface area contributed by atoms with E-state index in [1.807, 2.05) is 0 Å². The van der Waals surface area contributed by atoms with Crippen molar-refractivity contribution in [3.63, 3.8) is 0 Å². The van der Waals surface area contributed by atoms with Crippen LogP contribution in [0.3, 0.4) is 0 Å². The molecule has 8 heteroatoms. The number of fused-ring (bicyclic) bond motifs is 1. The molecule has 2 aromatic heterocycles. The van der Waals surface area contributed by atoms with Crippen molar-refractivity contribution in [1.29, 1.82) is 0 Å². The molecule has 0 radical (unpaired) electrons. The SMILES string of the molecule is CCc1nc2c(-c3ccc(OC(F)F)cc3Cl)ncnc2n1C(C1CC1)C1CC1. The molecule has 3 aromatic rings. The third-order valence-electron chi connectivity index (χ3n) is 5.80. The first kappa shape index (κ1) is 18.7. The van der Waals surface area contributed by atoms with Crippen LogP contribution in [0.5, 0.6) is 5.75 Å². The van der Waals surface area contributed by atoms with E-state index < -0.39 is 6.61 Å². The van der Waals surface area contributed by atoms with Gasteiger partial charge >= 0.3 is 6.61 Å². The number of aryl methyl sites for hydroxylation is 1. The molecule has 0 saturated heterocycles. The van der Waals surface area contributed by atoms with Crippen molar-refractivity contribution >= 4 is 22.8 Å². The Balaban J connectivity index is 1.63. The van der Waals surface area contributed by atoms with Crippen molar-refractivity contribution in [3.05, 3.63) is 35.4 Å². The fraction of sp³-hybridized carbons (Fsp3) is 0.476. The number of ether oxygens (including phenoxy) is 1. The smallest absolute Gasteiger partial charge is 0.387 e. The number of alkyl halides is 2. The van der Waals surface area contributed by atoms with Crippen LogP contribution in [0, 0.1) is 11.8 Å². The lowest BCUT2D eigenvalue weighted by Crippen LogP contribution is -2.16. The fourth-order valence-corrected chi connectivity index (χ4v) is 4.52. The third-order valence-corrected chi connectivity index (χ3v) is 6.11. The van der Waals surface area contributed by atoms with E-state index >= 15 is 0 Å². The van der Waals surface area contributed by atoms with Crippen molar-refractivity contribution in [3.8, 4) is 17.0 Å². The summed E-state index contributed by atoms with van der Waals surface area (Å²) < 4.78 is 31.7. The average molecular weight is 419 g/mol. The highest BCUT2D eigenvalue weighted by Crippen LogP contribution is 2.53. The first-order chi connectivity index (χ1) is 14.1. The van der Waals surface area contributed by atoms with Crippen molar-refractivity contribution < 1.29 is 13.5 Å². The van der Waals surface area contributed by atoms with E-state index in [9.17, 15) is 8.78 Å². The van der Waals surface area contributed by atoms with Gasteiger partial charge in [0.2, 0.25) is 0 Å². The van der Waals surface area contributed by atoms with Gasteiger partial charge in [0.05, 0.1) is 5.02 Å². The van der Waals surface area contributed by atoms with Crippen LogP contribution in [0.15, 0.2) is 24.5 Å². The van der Waals surface area contributed by atoms with E-state index in [1.54, 1.807) is 6.07 Å². The summed E-state index contributed by atoms with van der Waals surface area (Å²) in [4.78, 5) is 13.9. The van der Waals surface area contributed by atoms with Crippen molar-refractivity contribution in [2.45, 2.75) is 51.7 Å². The number of aromatic nitrogens is 4. The molecule has 2 fully saturated rings. The zero-order valence-electron chi connectivity index (χ0n) is 16.0. The lowest BCUT2D eigenvalue weighted by atomic mass is 10.1. The van der Waals surface area contributed by atoms with Crippen molar-refractivity contribution in [1.82, 2.24) is 19.5 Å². The molecule has 0 spiro atoms. The lowest BCUT2D eigenvalue weighted by Gasteiger charge is -2.20. The summed E-state index contributed by atoms with van der Waals surface area (Å²) in [5.41, 5.74) is 2.78. The Morgan fingerprint density at radius 2 is 1.90 bits per heavy atom. The summed E-state index contributed by atoms with van der Waals surface area (Å²) in [6.07, 6.45) is 7.39. The number of rotatable bonds is 7. The van der Waals surface area contributed by atoms with Crippen molar-refractivity contribution in [2.24, 2.45) is 11.8 Å². The van der Waals surface area contributed by atoms with Crippen LogP contribution in [-0.2, 0) is 6.42 Å². The Kier molecular flexibility index (Phi) is 4.65. The van der Waals surface area contributed by atoms with Gasteiger partial charge in [-0.3, -0.25) is 0 Å². The molecule has 5 rings (SSSR count). The van der Waals surface area contributed by atoms with Gasteiger partial charge in [-0.05, 0) is 55.7 Å². The number of imidazole rings is 1. The van der Waals surface area contributed by atoms with E-state index in [4.69, 9.17) is 16.6 Å². The predicted octanol–water partition coefficient (Wildman–Crippen LogP) is 5.67. The zero-order valence-corrected chi connectivity index (χ0v) is 16.7. The second kappa shape index (κ2) is 7.20. The van der Waals surface area contributed by atoms with Gasteiger partial charge in [0.1, 0.15) is 29.1 Å². The Morgan fingerprint density at radius 3 is 2.48 bits per heavy atom. The monoisotopic (exact) mass is 418 g/mol. The Bertz CT molecular complexity index is 1050. The van der Waals surface area contributed by atoms with E-state index in [0.29, 0.717) is 34.7 Å².